The molecule has 1 aliphatic carbocycles. The first-order valence-electron chi connectivity index (χ1n) is 21.8. The second-order valence-electron chi connectivity index (χ2n) is 16.2. The lowest BCUT2D eigenvalue weighted by molar-refractivity contribution is -0.140. The summed E-state index contributed by atoms with van der Waals surface area (Å²) in [7, 11) is 1.75. The van der Waals surface area contributed by atoms with Crippen molar-refractivity contribution in [3.8, 4) is 0 Å². The van der Waals surface area contributed by atoms with Crippen molar-refractivity contribution < 1.29 is 33.8 Å². The molecule has 0 radical (unpaired) electrons. The maximum atomic E-state index is 14.5. The molecule has 0 aromatic heterocycles. The number of carbonyl (C=O) groups is 4. The van der Waals surface area contributed by atoms with Crippen molar-refractivity contribution in [1.29, 1.82) is 0 Å². The molecule has 326 valence electrons. The summed E-state index contributed by atoms with van der Waals surface area (Å²) in [6.45, 7) is 6.57. The molecule has 1 unspecified atom stereocenters. The van der Waals surface area contributed by atoms with Crippen LogP contribution in [0, 0.1) is 11.8 Å². The summed E-state index contributed by atoms with van der Waals surface area (Å²) < 4.78 is 10.9. The lowest BCUT2D eigenvalue weighted by Gasteiger charge is -2.32. The third-order valence-corrected chi connectivity index (χ3v) is 12.3. The molecular formula is C44H67N7O7S. The van der Waals surface area contributed by atoms with Gasteiger partial charge in [-0.3, -0.25) is 24.1 Å². The number of amides is 4. The second kappa shape index (κ2) is 25.0. The summed E-state index contributed by atoms with van der Waals surface area (Å²) in [5.74, 6) is -1.62. The molecule has 15 heteroatoms. The maximum Gasteiger partial charge on any atom is 0.242 e. The fourth-order valence-corrected chi connectivity index (χ4v) is 8.53. The van der Waals surface area contributed by atoms with Crippen LogP contribution in [0.2, 0.25) is 0 Å². The van der Waals surface area contributed by atoms with Crippen LogP contribution in [0.3, 0.4) is 0 Å². The maximum absolute atomic E-state index is 14.5. The number of benzene rings is 2. The molecule has 1 saturated carbocycles. The predicted octanol–water partition coefficient (Wildman–Crippen LogP) is 2.65. The Bertz CT molecular complexity index is 1640. The van der Waals surface area contributed by atoms with Crippen molar-refractivity contribution in [3.63, 3.8) is 0 Å². The summed E-state index contributed by atoms with van der Waals surface area (Å²) in [4.78, 5) is 59.7. The Labute approximate surface area is 355 Å². The number of nitrogens with zero attached hydrogens (tertiary/aromatic N) is 2. The van der Waals surface area contributed by atoms with Gasteiger partial charge in [0, 0.05) is 59.3 Å². The number of unbranched alkanes of at least 4 members (excludes halogenated alkanes) is 1. The number of hydrogen-bond acceptors (Lipinski definition) is 9. The molecule has 0 bridgehead atoms. The number of hydrogen-bond donors (Lipinski definition) is 6. The number of fused-ring (bicyclic) bond motifs is 1. The van der Waals surface area contributed by atoms with Gasteiger partial charge in [-0.25, -0.2) is 0 Å². The van der Waals surface area contributed by atoms with E-state index < -0.39 is 30.0 Å². The van der Waals surface area contributed by atoms with E-state index in [2.05, 4.69) is 31.5 Å². The number of aliphatic hydroxyl groups excluding tert-OH is 1. The highest BCUT2D eigenvalue weighted by molar-refractivity contribution is 7.80. The summed E-state index contributed by atoms with van der Waals surface area (Å²) in [5, 5.41) is 29.3. The molecule has 3 aliphatic rings. The topological polar surface area (TPSA) is 174 Å². The van der Waals surface area contributed by atoms with Gasteiger partial charge in [0.05, 0.1) is 50.9 Å². The minimum atomic E-state index is -1.11. The smallest absolute Gasteiger partial charge is 0.242 e. The molecule has 59 heavy (non-hydrogen) atoms. The van der Waals surface area contributed by atoms with E-state index in [9.17, 15) is 24.3 Å². The number of nitrogens with one attached hydrogen (secondary N) is 5. The fourth-order valence-electron chi connectivity index (χ4n) is 8.43. The first-order chi connectivity index (χ1) is 28.7. The Morgan fingerprint density at radius 1 is 0.831 bits per heavy atom. The molecule has 4 amide bonds. The van der Waals surface area contributed by atoms with Crippen LogP contribution in [0.4, 0.5) is 0 Å². The Kier molecular flexibility index (Phi) is 19.6. The lowest BCUT2D eigenvalue weighted by Crippen LogP contribution is -2.54. The third-order valence-electron chi connectivity index (χ3n) is 11.9. The largest absolute Gasteiger partial charge is 0.390 e. The lowest BCUT2D eigenvalue weighted by atomic mass is 9.83. The van der Waals surface area contributed by atoms with E-state index in [4.69, 9.17) is 21.7 Å². The van der Waals surface area contributed by atoms with Gasteiger partial charge in [-0.1, -0.05) is 74.6 Å². The number of aliphatic hydroxyl groups is 1. The van der Waals surface area contributed by atoms with E-state index in [0.717, 1.165) is 61.5 Å². The zero-order valence-electron chi connectivity index (χ0n) is 34.9. The normalized spacial score (nSPS) is 18.6. The molecule has 6 N–H and O–H groups in total. The Morgan fingerprint density at radius 2 is 1.54 bits per heavy atom. The van der Waals surface area contributed by atoms with Gasteiger partial charge in [-0.05, 0) is 66.6 Å². The van der Waals surface area contributed by atoms with Crippen molar-refractivity contribution in [3.05, 3.63) is 48.0 Å². The molecule has 2 heterocycles. The molecule has 14 nitrogen and oxygen atoms in total. The zero-order valence-corrected chi connectivity index (χ0v) is 35.7. The van der Waals surface area contributed by atoms with Crippen LogP contribution in [0.25, 0.3) is 10.8 Å². The molecule has 2 aromatic rings. The van der Waals surface area contributed by atoms with Gasteiger partial charge >= 0.3 is 0 Å². The van der Waals surface area contributed by atoms with Crippen molar-refractivity contribution in [2.45, 2.75) is 95.2 Å². The number of carbonyl (C=O) groups excluding carboxylic acids is 4. The molecule has 2 aromatic carbocycles. The molecule has 5 rings (SSSR count). The van der Waals surface area contributed by atoms with Crippen molar-refractivity contribution in [1.82, 2.24) is 36.4 Å². The molecular weight excluding hydrogens is 771 g/mol. The van der Waals surface area contributed by atoms with E-state index in [1.165, 1.54) is 0 Å². The van der Waals surface area contributed by atoms with Crippen LogP contribution in [0.5, 0.6) is 0 Å². The van der Waals surface area contributed by atoms with Gasteiger partial charge in [0.25, 0.3) is 0 Å². The van der Waals surface area contributed by atoms with E-state index in [-0.39, 0.29) is 30.6 Å². The van der Waals surface area contributed by atoms with Gasteiger partial charge in [0.2, 0.25) is 23.6 Å². The quantitative estimate of drug-likeness (QED) is 0.0807. The van der Waals surface area contributed by atoms with Crippen molar-refractivity contribution >= 4 is 51.7 Å². The molecule has 3 fully saturated rings. The predicted molar refractivity (Wildman–Crippen MR) is 233 cm³/mol. The summed E-state index contributed by atoms with van der Waals surface area (Å²) in [6.07, 6.45) is 6.54. The number of thiocarbonyl (C=S) groups is 1. The highest BCUT2D eigenvalue weighted by Gasteiger charge is 2.33. The van der Waals surface area contributed by atoms with Gasteiger partial charge in [-0.15, -0.1) is 0 Å². The van der Waals surface area contributed by atoms with Crippen molar-refractivity contribution in [2.75, 3.05) is 79.3 Å². The van der Waals surface area contributed by atoms with Gasteiger partial charge in [0.15, 0.2) is 5.11 Å². The van der Waals surface area contributed by atoms with Crippen LogP contribution >= 0.6 is 12.2 Å². The summed E-state index contributed by atoms with van der Waals surface area (Å²) in [5.41, 5.74) is 0.949. The molecule has 2 aliphatic heterocycles. The molecule has 2 saturated heterocycles. The van der Waals surface area contributed by atoms with Crippen LogP contribution in [0.1, 0.15) is 76.2 Å². The average molecular weight is 838 g/mol. The summed E-state index contributed by atoms with van der Waals surface area (Å²) in [6, 6.07) is 12.3. The minimum Gasteiger partial charge on any atom is -0.390 e. The van der Waals surface area contributed by atoms with Crippen LogP contribution in [0.15, 0.2) is 42.5 Å². The summed E-state index contributed by atoms with van der Waals surface area (Å²) >= 11 is 5.23. The van der Waals surface area contributed by atoms with Crippen molar-refractivity contribution in [2.24, 2.45) is 11.8 Å². The van der Waals surface area contributed by atoms with Gasteiger partial charge < -0.3 is 46.1 Å². The average Bonchev–Trinajstić information content (AvgIpc) is 3.26. The number of morpholine rings is 2. The molecule has 0 spiro atoms. The van der Waals surface area contributed by atoms with E-state index >= 15 is 0 Å². The Balaban J connectivity index is 1.31. The zero-order chi connectivity index (χ0) is 41.8. The molecule has 4 atom stereocenters. The van der Waals surface area contributed by atoms with Gasteiger partial charge in [0.1, 0.15) is 6.04 Å². The SMILES string of the molecule is CNC(=S)NCCCC[C@H](NC(=O)C(CC(=O)N1CCOCC1)Cc1cccc2ccccc12)C(=O)N[C@@H](CC1CCCCC1)[C@@H](O)CC(=O)NCCN1CCOCC1. The third kappa shape index (κ3) is 15.6. The standard InChI is InChI=1S/C44H67N7O7S/c1-45-44(59)47-17-8-7-16-37(43(56)49-38(28-32-10-3-2-4-11-32)39(52)31-40(53)46-18-19-50-20-24-57-25-21-50)48-42(55)35(30-41(54)51-22-26-58-27-23-51)29-34-14-9-13-33-12-5-6-15-36(33)34/h5-6,9,12-15,32,35,37-39,52H,2-4,7-8,10-11,16-31H2,1H3,(H,46,53)(H,48,55)(H,49,56)(H2,45,47,59)/t35?,37-,38-,39-/m0/s1. The fraction of sp³-hybridized carbons (Fsp3) is 0.659. The number of rotatable bonds is 21. The van der Waals surface area contributed by atoms with Crippen LogP contribution in [-0.2, 0) is 35.1 Å². The highest BCUT2D eigenvalue weighted by Crippen LogP contribution is 2.29. The van der Waals surface area contributed by atoms with E-state index in [1.54, 1.807) is 11.9 Å². The van der Waals surface area contributed by atoms with Crippen LogP contribution < -0.4 is 26.6 Å². The second-order valence-corrected chi connectivity index (χ2v) is 16.6. The Morgan fingerprint density at radius 3 is 2.29 bits per heavy atom. The first kappa shape index (κ1) is 46.2. The number of ether oxygens (including phenoxy) is 2. The first-order valence-corrected chi connectivity index (χ1v) is 22.2. The van der Waals surface area contributed by atoms with Crippen LogP contribution in [-0.4, -0.2) is 141 Å². The van der Waals surface area contributed by atoms with Gasteiger partial charge in [-0.2, -0.15) is 0 Å². The monoisotopic (exact) mass is 837 g/mol. The van der Waals surface area contributed by atoms with E-state index in [1.807, 2.05) is 42.5 Å². The highest BCUT2D eigenvalue weighted by atomic mass is 32.1. The Hall–Kier alpha value is -3.89. The van der Waals surface area contributed by atoms with E-state index in [0.29, 0.717) is 102 Å². The minimum absolute atomic E-state index is 0.0154.